The van der Waals surface area contributed by atoms with Gasteiger partial charge in [0.2, 0.25) is 5.95 Å². The normalized spacial score (nSPS) is 11.0. The van der Waals surface area contributed by atoms with Gasteiger partial charge in [-0.15, -0.1) is 11.3 Å². The Bertz CT molecular complexity index is 946. The van der Waals surface area contributed by atoms with Crippen LogP contribution in [0.2, 0.25) is 0 Å². The Labute approximate surface area is 143 Å². The summed E-state index contributed by atoms with van der Waals surface area (Å²) in [7, 11) is 1.97. The van der Waals surface area contributed by atoms with Crippen molar-refractivity contribution in [2.45, 2.75) is 6.42 Å². The van der Waals surface area contributed by atoms with Crippen LogP contribution in [0.5, 0.6) is 0 Å². The van der Waals surface area contributed by atoms with E-state index >= 15 is 0 Å². The highest BCUT2D eigenvalue weighted by atomic mass is 32.1. The molecule has 4 heterocycles. The summed E-state index contributed by atoms with van der Waals surface area (Å²) >= 11 is 1.76. The third kappa shape index (κ3) is 2.85. The van der Waals surface area contributed by atoms with E-state index in [-0.39, 0.29) is 0 Å². The van der Waals surface area contributed by atoms with Crippen molar-refractivity contribution in [3.8, 4) is 11.4 Å². The van der Waals surface area contributed by atoms with Gasteiger partial charge in [0.25, 0.3) is 0 Å². The van der Waals surface area contributed by atoms with Gasteiger partial charge < -0.3 is 9.88 Å². The standard InChI is InChI=1S/C17H16N6S/c1-23-15(12-4-7-18-8-5-12)21-14-11-20-17(22-16(14)23)19-9-6-13-3-2-10-24-13/h2-5,7-8,10-11H,6,9H2,1H3,(H,19,20,22). The number of fused-ring (bicyclic) bond motifs is 1. The second-order valence-electron chi connectivity index (χ2n) is 5.39. The predicted molar refractivity (Wildman–Crippen MR) is 96.0 cm³/mol. The number of nitrogens with zero attached hydrogens (tertiary/aromatic N) is 5. The molecule has 24 heavy (non-hydrogen) atoms. The van der Waals surface area contributed by atoms with Crippen LogP contribution in [0.15, 0.2) is 48.2 Å². The first-order chi connectivity index (χ1) is 11.8. The third-order valence-corrected chi connectivity index (χ3v) is 4.72. The van der Waals surface area contributed by atoms with Crippen molar-refractivity contribution in [2.75, 3.05) is 11.9 Å². The van der Waals surface area contributed by atoms with E-state index < -0.39 is 0 Å². The van der Waals surface area contributed by atoms with E-state index in [4.69, 9.17) is 0 Å². The Kier molecular flexibility index (Phi) is 3.92. The van der Waals surface area contributed by atoms with Crippen LogP contribution >= 0.6 is 11.3 Å². The first-order valence-corrected chi connectivity index (χ1v) is 8.55. The second kappa shape index (κ2) is 6.37. The maximum Gasteiger partial charge on any atom is 0.224 e. The molecule has 0 spiro atoms. The first-order valence-electron chi connectivity index (χ1n) is 7.67. The molecule has 0 atom stereocenters. The van der Waals surface area contributed by atoms with Gasteiger partial charge >= 0.3 is 0 Å². The fraction of sp³-hybridized carbons (Fsp3) is 0.176. The van der Waals surface area contributed by atoms with Crippen molar-refractivity contribution in [1.29, 1.82) is 0 Å². The van der Waals surface area contributed by atoms with Crippen molar-refractivity contribution < 1.29 is 0 Å². The molecule has 0 amide bonds. The molecular formula is C17H16N6S. The number of imidazole rings is 1. The van der Waals surface area contributed by atoms with Crippen molar-refractivity contribution in [1.82, 2.24) is 24.5 Å². The molecule has 0 unspecified atom stereocenters. The van der Waals surface area contributed by atoms with Crippen molar-refractivity contribution >= 4 is 28.4 Å². The van der Waals surface area contributed by atoms with Gasteiger partial charge in [-0.3, -0.25) is 4.98 Å². The van der Waals surface area contributed by atoms with Crippen molar-refractivity contribution in [2.24, 2.45) is 7.05 Å². The summed E-state index contributed by atoms with van der Waals surface area (Å²) in [6.07, 6.45) is 6.25. The van der Waals surface area contributed by atoms with E-state index in [1.165, 1.54) is 4.88 Å². The van der Waals surface area contributed by atoms with Gasteiger partial charge in [0, 0.05) is 36.4 Å². The average Bonchev–Trinajstić information content (AvgIpc) is 3.24. The van der Waals surface area contributed by atoms with Crippen molar-refractivity contribution in [3.05, 3.63) is 53.1 Å². The monoisotopic (exact) mass is 336 g/mol. The lowest BCUT2D eigenvalue weighted by Crippen LogP contribution is -2.07. The van der Waals surface area contributed by atoms with E-state index in [0.29, 0.717) is 5.95 Å². The topological polar surface area (TPSA) is 68.5 Å². The Hall–Kier alpha value is -2.80. The number of aromatic nitrogens is 5. The van der Waals surface area contributed by atoms with Crippen LogP contribution in [0.3, 0.4) is 0 Å². The van der Waals surface area contributed by atoms with Crippen LogP contribution in [-0.4, -0.2) is 31.0 Å². The fourth-order valence-corrected chi connectivity index (χ4v) is 3.29. The minimum atomic E-state index is 0.628. The van der Waals surface area contributed by atoms with Crippen LogP contribution in [0.1, 0.15) is 4.88 Å². The van der Waals surface area contributed by atoms with Crippen LogP contribution < -0.4 is 5.32 Å². The molecule has 0 saturated heterocycles. The van der Waals surface area contributed by atoms with E-state index in [1.807, 2.05) is 23.7 Å². The van der Waals surface area contributed by atoms with Gasteiger partial charge in [-0.1, -0.05) is 6.07 Å². The van der Waals surface area contributed by atoms with Crippen LogP contribution in [0.25, 0.3) is 22.6 Å². The molecule has 0 aliphatic carbocycles. The maximum absolute atomic E-state index is 4.63. The lowest BCUT2D eigenvalue weighted by atomic mass is 10.2. The van der Waals surface area contributed by atoms with E-state index in [0.717, 1.165) is 35.5 Å². The molecule has 7 heteroatoms. The first kappa shape index (κ1) is 14.8. The SMILES string of the molecule is Cn1c(-c2ccncc2)nc2cnc(NCCc3cccs3)nc21. The molecule has 0 aliphatic heterocycles. The molecule has 4 aromatic rings. The highest BCUT2D eigenvalue weighted by Crippen LogP contribution is 2.22. The van der Waals surface area contributed by atoms with E-state index in [2.05, 4.69) is 42.8 Å². The average molecular weight is 336 g/mol. The zero-order chi connectivity index (χ0) is 16.4. The number of anilines is 1. The van der Waals surface area contributed by atoms with Crippen molar-refractivity contribution in [3.63, 3.8) is 0 Å². The molecule has 120 valence electrons. The van der Waals surface area contributed by atoms with Crippen LogP contribution in [0.4, 0.5) is 5.95 Å². The fourth-order valence-electron chi connectivity index (χ4n) is 2.58. The Morgan fingerprint density at radius 2 is 2.04 bits per heavy atom. The summed E-state index contributed by atoms with van der Waals surface area (Å²) in [5.74, 6) is 1.49. The van der Waals surface area contributed by atoms with Gasteiger partial charge in [-0.05, 0) is 30.0 Å². The molecule has 0 aliphatic rings. The lowest BCUT2D eigenvalue weighted by molar-refractivity contribution is 0.933. The third-order valence-electron chi connectivity index (χ3n) is 3.78. The van der Waals surface area contributed by atoms with Gasteiger partial charge in [0.05, 0.1) is 6.20 Å². The molecule has 0 aromatic carbocycles. The number of pyridine rings is 1. The highest BCUT2D eigenvalue weighted by Gasteiger charge is 2.12. The molecule has 1 N–H and O–H groups in total. The molecular weight excluding hydrogens is 320 g/mol. The molecule has 6 nitrogen and oxygen atoms in total. The largest absolute Gasteiger partial charge is 0.354 e. The van der Waals surface area contributed by atoms with Gasteiger partial charge in [0.1, 0.15) is 11.3 Å². The number of nitrogens with one attached hydrogen (secondary N) is 1. The molecule has 0 fully saturated rings. The second-order valence-corrected chi connectivity index (χ2v) is 6.42. The number of aryl methyl sites for hydroxylation is 1. The predicted octanol–water partition coefficient (Wildman–Crippen LogP) is 3.14. The lowest BCUT2D eigenvalue weighted by Gasteiger charge is -2.04. The summed E-state index contributed by atoms with van der Waals surface area (Å²) in [5.41, 5.74) is 2.61. The summed E-state index contributed by atoms with van der Waals surface area (Å²) < 4.78 is 1.98. The summed E-state index contributed by atoms with van der Waals surface area (Å²) in [4.78, 5) is 19.0. The smallest absolute Gasteiger partial charge is 0.224 e. The van der Waals surface area contributed by atoms with Gasteiger partial charge in [-0.25, -0.2) is 9.97 Å². The van der Waals surface area contributed by atoms with Gasteiger partial charge in [0.15, 0.2) is 5.65 Å². The molecule has 4 rings (SSSR count). The Balaban J connectivity index is 1.57. The summed E-state index contributed by atoms with van der Waals surface area (Å²) in [6.45, 7) is 0.807. The van der Waals surface area contributed by atoms with Crippen LogP contribution in [-0.2, 0) is 13.5 Å². The molecule has 0 radical (unpaired) electrons. The number of rotatable bonds is 5. The molecule has 4 aromatic heterocycles. The number of hydrogen-bond donors (Lipinski definition) is 1. The minimum Gasteiger partial charge on any atom is -0.354 e. The zero-order valence-corrected chi connectivity index (χ0v) is 14.0. The maximum atomic E-state index is 4.63. The summed E-state index contributed by atoms with van der Waals surface area (Å²) in [6, 6.07) is 8.08. The molecule has 0 bridgehead atoms. The summed E-state index contributed by atoms with van der Waals surface area (Å²) in [5, 5.41) is 5.38. The minimum absolute atomic E-state index is 0.628. The van der Waals surface area contributed by atoms with Crippen LogP contribution in [0, 0.1) is 0 Å². The van der Waals surface area contributed by atoms with E-state index in [9.17, 15) is 0 Å². The zero-order valence-electron chi connectivity index (χ0n) is 13.2. The number of hydrogen-bond acceptors (Lipinski definition) is 6. The number of thiophene rings is 1. The Morgan fingerprint density at radius 3 is 2.83 bits per heavy atom. The highest BCUT2D eigenvalue weighted by molar-refractivity contribution is 7.09. The Morgan fingerprint density at radius 1 is 1.17 bits per heavy atom. The van der Waals surface area contributed by atoms with Gasteiger partial charge in [-0.2, -0.15) is 4.98 Å². The molecule has 0 saturated carbocycles. The quantitative estimate of drug-likeness (QED) is 0.606. The van der Waals surface area contributed by atoms with E-state index in [1.54, 1.807) is 29.9 Å².